The standard InChI is InChI=1S/C11H18O3/c1-2-3-4-6-10(9-12)7-5-8-11(13)14/h2-8H2,1H3,(H,13,14). The fraction of sp³-hybridized carbons (Fsp3) is 0.727. The summed E-state index contributed by atoms with van der Waals surface area (Å²) in [6.07, 6.45) is 5.29. The Hall–Kier alpha value is -1.08. The van der Waals surface area contributed by atoms with E-state index >= 15 is 0 Å². The van der Waals surface area contributed by atoms with Crippen LogP contribution in [-0.2, 0) is 9.59 Å². The lowest BCUT2D eigenvalue weighted by molar-refractivity contribution is -0.137. The summed E-state index contributed by atoms with van der Waals surface area (Å²) in [7, 11) is 0. The second-order valence-electron chi connectivity index (χ2n) is 3.41. The van der Waals surface area contributed by atoms with E-state index in [0.717, 1.165) is 31.3 Å². The van der Waals surface area contributed by atoms with Crippen molar-refractivity contribution in [3.63, 3.8) is 0 Å². The molecule has 0 rings (SSSR count). The number of carboxylic acid groups (broad SMARTS) is 1. The van der Waals surface area contributed by atoms with Crippen LogP contribution in [0, 0.1) is 0 Å². The maximum Gasteiger partial charge on any atom is 0.303 e. The summed E-state index contributed by atoms with van der Waals surface area (Å²) < 4.78 is 0. The Bertz CT molecular complexity index is 215. The smallest absolute Gasteiger partial charge is 0.303 e. The number of allylic oxidation sites excluding steroid dienone is 1. The molecule has 0 heterocycles. The third kappa shape index (κ3) is 7.56. The van der Waals surface area contributed by atoms with Crippen molar-refractivity contribution >= 4 is 11.9 Å². The van der Waals surface area contributed by atoms with Crippen molar-refractivity contribution in [3.05, 3.63) is 5.57 Å². The van der Waals surface area contributed by atoms with E-state index in [2.05, 4.69) is 6.92 Å². The summed E-state index contributed by atoms with van der Waals surface area (Å²) in [5.41, 5.74) is 0.736. The van der Waals surface area contributed by atoms with Gasteiger partial charge in [0.25, 0.3) is 0 Å². The van der Waals surface area contributed by atoms with Gasteiger partial charge >= 0.3 is 5.97 Å². The molecule has 0 spiro atoms. The highest BCUT2D eigenvalue weighted by molar-refractivity contribution is 5.66. The summed E-state index contributed by atoms with van der Waals surface area (Å²) in [5.74, 6) is 1.11. The first-order valence-corrected chi connectivity index (χ1v) is 5.15. The molecule has 0 unspecified atom stereocenters. The van der Waals surface area contributed by atoms with Gasteiger partial charge in [-0.3, -0.25) is 4.79 Å². The highest BCUT2D eigenvalue weighted by atomic mass is 16.4. The van der Waals surface area contributed by atoms with Crippen LogP contribution in [0.1, 0.15) is 51.9 Å². The van der Waals surface area contributed by atoms with Gasteiger partial charge in [0.2, 0.25) is 0 Å². The topological polar surface area (TPSA) is 54.4 Å². The number of carbonyl (C=O) groups excluding carboxylic acids is 1. The Morgan fingerprint density at radius 1 is 1.14 bits per heavy atom. The van der Waals surface area contributed by atoms with Crippen molar-refractivity contribution < 1.29 is 14.7 Å². The quantitative estimate of drug-likeness (QED) is 0.481. The van der Waals surface area contributed by atoms with Crippen LogP contribution in [0.25, 0.3) is 0 Å². The van der Waals surface area contributed by atoms with E-state index in [0.29, 0.717) is 12.8 Å². The van der Waals surface area contributed by atoms with E-state index in [1.54, 1.807) is 0 Å². The van der Waals surface area contributed by atoms with Gasteiger partial charge in [-0.15, -0.1) is 0 Å². The molecule has 0 bridgehead atoms. The summed E-state index contributed by atoms with van der Waals surface area (Å²) in [4.78, 5) is 20.7. The maximum atomic E-state index is 10.5. The number of aliphatic carboxylic acids is 1. The molecule has 3 nitrogen and oxygen atoms in total. The number of hydrogen-bond donors (Lipinski definition) is 1. The van der Waals surface area contributed by atoms with Crippen LogP contribution in [0.5, 0.6) is 0 Å². The molecule has 14 heavy (non-hydrogen) atoms. The van der Waals surface area contributed by atoms with E-state index in [1.165, 1.54) is 0 Å². The van der Waals surface area contributed by atoms with E-state index in [-0.39, 0.29) is 6.42 Å². The molecule has 0 saturated heterocycles. The molecule has 1 N–H and O–H groups in total. The van der Waals surface area contributed by atoms with Crippen LogP contribution in [0.3, 0.4) is 0 Å². The number of rotatable bonds is 8. The maximum absolute atomic E-state index is 10.5. The normalized spacial score (nSPS) is 9.50. The predicted molar refractivity (Wildman–Crippen MR) is 54.8 cm³/mol. The molecule has 0 saturated carbocycles. The first-order chi connectivity index (χ1) is 6.70. The Morgan fingerprint density at radius 3 is 2.29 bits per heavy atom. The average Bonchev–Trinajstić information content (AvgIpc) is 2.15. The van der Waals surface area contributed by atoms with Crippen molar-refractivity contribution in [2.75, 3.05) is 0 Å². The van der Waals surface area contributed by atoms with Crippen molar-refractivity contribution in [3.8, 4) is 0 Å². The Balaban J connectivity index is 3.60. The fourth-order valence-electron chi connectivity index (χ4n) is 1.27. The molecule has 0 amide bonds. The first-order valence-electron chi connectivity index (χ1n) is 5.15. The molecule has 0 aliphatic rings. The van der Waals surface area contributed by atoms with E-state index in [1.807, 2.05) is 5.94 Å². The van der Waals surface area contributed by atoms with Gasteiger partial charge in [0.1, 0.15) is 5.94 Å². The lowest BCUT2D eigenvalue weighted by atomic mass is 10.0. The van der Waals surface area contributed by atoms with Gasteiger partial charge in [0.15, 0.2) is 0 Å². The molecule has 0 atom stereocenters. The molecular weight excluding hydrogens is 180 g/mol. The minimum absolute atomic E-state index is 0.138. The Morgan fingerprint density at radius 2 is 1.79 bits per heavy atom. The fourth-order valence-corrected chi connectivity index (χ4v) is 1.27. The molecule has 80 valence electrons. The van der Waals surface area contributed by atoms with Gasteiger partial charge < -0.3 is 5.11 Å². The Kier molecular flexibility index (Phi) is 7.86. The summed E-state index contributed by atoms with van der Waals surface area (Å²) in [6.45, 7) is 2.11. The number of hydrogen-bond acceptors (Lipinski definition) is 2. The molecule has 0 aromatic heterocycles. The van der Waals surface area contributed by atoms with Crippen LogP contribution in [0.4, 0.5) is 0 Å². The zero-order chi connectivity index (χ0) is 10.8. The highest BCUT2D eigenvalue weighted by Crippen LogP contribution is 2.12. The van der Waals surface area contributed by atoms with Gasteiger partial charge in [-0.1, -0.05) is 19.8 Å². The third-order valence-corrected chi connectivity index (χ3v) is 2.10. The molecule has 0 aromatic carbocycles. The molecule has 0 fully saturated rings. The van der Waals surface area contributed by atoms with Crippen molar-refractivity contribution in [2.45, 2.75) is 51.9 Å². The minimum atomic E-state index is -0.802. The highest BCUT2D eigenvalue weighted by Gasteiger charge is 2.01. The van der Waals surface area contributed by atoms with Gasteiger partial charge in [-0.25, -0.2) is 4.79 Å². The van der Waals surface area contributed by atoms with Gasteiger partial charge in [0.05, 0.1) is 0 Å². The number of unbranched alkanes of at least 4 members (excludes halogenated alkanes) is 2. The van der Waals surface area contributed by atoms with Crippen LogP contribution in [0.15, 0.2) is 5.57 Å². The van der Waals surface area contributed by atoms with Crippen molar-refractivity contribution in [2.24, 2.45) is 0 Å². The second kappa shape index (κ2) is 8.52. The lowest BCUT2D eigenvalue weighted by Gasteiger charge is -2.01. The van der Waals surface area contributed by atoms with Crippen LogP contribution in [0.2, 0.25) is 0 Å². The zero-order valence-electron chi connectivity index (χ0n) is 8.71. The summed E-state index contributed by atoms with van der Waals surface area (Å²) in [6, 6.07) is 0. The predicted octanol–water partition coefficient (Wildman–Crippen LogP) is 2.58. The van der Waals surface area contributed by atoms with Crippen LogP contribution < -0.4 is 0 Å². The van der Waals surface area contributed by atoms with Gasteiger partial charge in [-0.2, -0.15) is 0 Å². The zero-order valence-corrected chi connectivity index (χ0v) is 8.71. The molecule has 0 aliphatic heterocycles. The second-order valence-corrected chi connectivity index (χ2v) is 3.41. The molecule has 3 heteroatoms. The number of carboxylic acids is 1. The largest absolute Gasteiger partial charge is 0.481 e. The third-order valence-electron chi connectivity index (χ3n) is 2.10. The SMILES string of the molecule is CCCCCC(=C=O)CCCC(=O)O. The molecule has 0 aliphatic carbocycles. The van der Waals surface area contributed by atoms with Gasteiger partial charge in [0, 0.05) is 12.0 Å². The molecule has 0 aromatic rings. The summed E-state index contributed by atoms with van der Waals surface area (Å²) in [5, 5.41) is 8.41. The molecule has 0 radical (unpaired) electrons. The molecular formula is C11H18O3. The first kappa shape index (κ1) is 12.9. The van der Waals surface area contributed by atoms with Crippen molar-refractivity contribution in [1.29, 1.82) is 0 Å². The lowest BCUT2D eigenvalue weighted by Crippen LogP contribution is -1.95. The average molecular weight is 198 g/mol. The Labute approximate surface area is 84.8 Å². The van der Waals surface area contributed by atoms with E-state index in [9.17, 15) is 9.59 Å². The van der Waals surface area contributed by atoms with Crippen molar-refractivity contribution in [1.82, 2.24) is 0 Å². The van der Waals surface area contributed by atoms with E-state index < -0.39 is 5.97 Å². The minimum Gasteiger partial charge on any atom is -0.481 e. The van der Waals surface area contributed by atoms with Crippen LogP contribution >= 0.6 is 0 Å². The van der Waals surface area contributed by atoms with Gasteiger partial charge in [-0.05, 0) is 25.7 Å². The number of carbonyl (C=O) groups is 1. The van der Waals surface area contributed by atoms with Crippen LogP contribution in [-0.4, -0.2) is 17.0 Å². The van der Waals surface area contributed by atoms with E-state index in [4.69, 9.17) is 5.11 Å². The summed E-state index contributed by atoms with van der Waals surface area (Å²) >= 11 is 0. The monoisotopic (exact) mass is 198 g/mol.